The van der Waals surface area contributed by atoms with E-state index in [1.54, 1.807) is 95.8 Å². The zero-order valence-corrected chi connectivity index (χ0v) is 50.9. The van der Waals surface area contributed by atoms with Gasteiger partial charge in [0, 0.05) is 73.5 Å². The summed E-state index contributed by atoms with van der Waals surface area (Å²) >= 11 is 8.37. The van der Waals surface area contributed by atoms with Crippen LogP contribution in [0.2, 0.25) is 10.0 Å². The van der Waals surface area contributed by atoms with Gasteiger partial charge in [0.25, 0.3) is 11.8 Å². The summed E-state index contributed by atoms with van der Waals surface area (Å²) in [7, 11) is 2.55. The Hall–Kier alpha value is -10.4. The molecule has 0 saturated heterocycles. The first kappa shape index (κ1) is 66.7. The number of pyridine rings is 2. The summed E-state index contributed by atoms with van der Waals surface area (Å²) in [5.74, 6) is -0.650. The van der Waals surface area contributed by atoms with E-state index in [-0.39, 0.29) is 19.2 Å². The minimum atomic E-state index is -4.21. The Bertz CT molecular complexity index is 4010. The predicted molar refractivity (Wildman–Crippen MR) is 315 cm³/mol. The number of aromatic nitrogens is 10. The molecule has 0 saturated carbocycles. The summed E-state index contributed by atoms with van der Waals surface area (Å²) in [6, 6.07) is 49.2. The molecule has 0 fully saturated rings. The number of methoxy groups -OCH3 is 2. The second kappa shape index (κ2) is 33.3. The van der Waals surface area contributed by atoms with Crippen molar-refractivity contribution in [1.29, 1.82) is 0 Å². The molecule has 29 heteroatoms. The second-order valence-electron chi connectivity index (χ2n) is 18.0. The number of nitrogens with zero attached hydrogens (tertiary/aromatic N) is 10. The van der Waals surface area contributed by atoms with Crippen LogP contribution in [-0.2, 0) is 49.4 Å². The molecule has 0 unspecified atom stereocenters. The van der Waals surface area contributed by atoms with Crippen molar-refractivity contribution in [3.63, 3.8) is 0 Å². The maximum absolute atomic E-state index is 13.5. The van der Waals surface area contributed by atoms with Crippen LogP contribution in [0.25, 0.3) is 33.6 Å². The van der Waals surface area contributed by atoms with Gasteiger partial charge in [-0.15, -0.1) is 10.2 Å². The van der Waals surface area contributed by atoms with Gasteiger partial charge in [-0.25, -0.2) is 9.59 Å². The number of amides is 4. The molecule has 0 radical (unpaired) electrons. The van der Waals surface area contributed by atoms with Crippen molar-refractivity contribution in [2.75, 3.05) is 24.9 Å². The van der Waals surface area contributed by atoms with Gasteiger partial charge in [0.05, 0.1) is 37.3 Å². The van der Waals surface area contributed by atoms with Crippen LogP contribution in [0.3, 0.4) is 0 Å². The first-order valence-electron chi connectivity index (χ1n) is 25.4. The van der Waals surface area contributed by atoms with E-state index >= 15 is 0 Å². The third-order valence-corrected chi connectivity index (χ3v) is 13.0. The van der Waals surface area contributed by atoms with Gasteiger partial charge in [-0.1, -0.05) is 89.9 Å². The van der Waals surface area contributed by atoms with Crippen molar-refractivity contribution in [3.05, 3.63) is 251 Å². The number of ether oxygens (including phenoxy) is 2. The fourth-order valence-corrected chi connectivity index (χ4v) is 8.85. The molecule has 6 aromatic carbocycles. The Balaban J connectivity index is 0.000000255. The molecule has 88 heavy (non-hydrogen) atoms. The van der Waals surface area contributed by atoms with Gasteiger partial charge < -0.3 is 32.7 Å². The van der Waals surface area contributed by atoms with Crippen LogP contribution >= 0.6 is 23.2 Å². The van der Waals surface area contributed by atoms with Crippen LogP contribution in [-0.4, -0.2) is 94.1 Å². The van der Waals surface area contributed by atoms with E-state index < -0.39 is 40.9 Å². The average Bonchev–Trinajstić information content (AvgIpc) is 3.97. The Morgan fingerprint density at radius 2 is 1.02 bits per heavy atom. The van der Waals surface area contributed by atoms with Crippen LogP contribution < -0.4 is 26.0 Å². The fourth-order valence-electron chi connectivity index (χ4n) is 8.50. The molecule has 6 N–H and O–H groups in total. The minimum absolute atomic E-state index is 0. The van der Waals surface area contributed by atoms with Crippen LogP contribution in [0.5, 0.6) is 0 Å². The van der Waals surface area contributed by atoms with Gasteiger partial charge in [-0.3, -0.25) is 35.7 Å². The zero-order chi connectivity index (χ0) is 62.2. The van der Waals surface area contributed by atoms with E-state index in [2.05, 4.69) is 61.8 Å². The molecule has 4 aromatic heterocycles. The molecule has 4 amide bonds. The number of rotatable bonds is 16. The molecule has 0 aliphatic heterocycles. The molecule has 26 nitrogen and oxygen atoms in total. The van der Waals surface area contributed by atoms with E-state index in [0.29, 0.717) is 73.6 Å². The number of nitrogens with one attached hydrogen (secondary N) is 4. The zero-order valence-electron chi connectivity index (χ0n) is 46.6. The van der Waals surface area contributed by atoms with Gasteiger partial charge >= 0.3 is 39.2 Å². The molecule has 0 aliphatic carbocycles. The third-order valence-electron chi connectivity index (χ3n) is 12.5. The molecule has 10 aromatic rings. The van der Waals surface area contributed by atoms with Crippen LogP contribution in [0, 0.1) is 12.6 Å². The second-order valence-corrected chi connectivity index (χ2v) is 20.2. The number of carbonyl (C=O) groups excluding carboxylic acids is 4. The van der Waals surface area contributed by atoms with Crippen molar-refractivity contribution in [2.45, 2.75) is 24.9 Å². The summed E-state index contributed by atoms with van der Waals surface area (Å²) < 4.78 is 38.8. The molecule has 453 valence electrons. The number of halogens is 2. The van der Waals surface area contributed by atoms with Crippen LogP contribution in [0.15, 0.2) is 195 Å². The average molecular weight is 1410 g/mol. The molecule has 4 heterocycles. The van der Waals surface area contributed by atoms with Crippen molar-refractivity contribution < 1.29 is 70.9 Å². The van der Waals surface area contributed by atoms with Crippen molar-refractivity contribution in [1.82, 2.24) is 56.0 Å². The van der Waals surface area contributed by atoms with Gasteiger partial charge in [0.1, 0.15) is 18.7 Å². The third kappa shape index (κ3) is 19.1. The van der Waals surface area contributed by atoms with Gasteiger partial charge in [0.15, 0.2) is 6.20 Å². The summed E-state index contributed by atoms with van der Waals surface area (Å²) in [4.78, 5) is 54.1. The Morgan fingerprint density at radius 3 is 1.43 bits per heavy atom. The van der Waals surface area contributed by atoms with Gasteiger partial charge in [0.2, 0.25) is 5.69 Å². The molecule has 0 bridgehead atoms. The number of carbonyl (C=O) groups is 4. The number of hydrogen-bond donors (Lipinski definition) is 6. The van der Waals surface area contributed by atoms with Crippen molar-refractivity contribution in [2.24, 2.45) is 0 Å². The monoisotopic (exact) mass is 1410 g/mol. The fraction of sp³-hybridized carbons (Fsp3) is 0.102. The van der Waals surface area contributed by atoms with E-state index in [9.17, 15) is 24.4 Å². The first-order chi connectivity index (χ1) is 42.1. The Labute approximate surface area is 517 Å². The van der Waals surface area contributed by atoms with Gasteiger partial charge in [-0.05, 0) is 135 Å². The SMILES string of the molecule is COC(=O)Nc1ccc(C(=O)N[C@@H](Cc2ccccc2)c2ccc(-c3cc(Cl)ccc3-n3cnnn3)c[n+]2[O-])cc1.COC(=O)Nc1ccc(C(=O)N[C@@H](Cc2ccccc2)c2ccc(-c3cc(Cl)ccc3-n3cnnn3)cn2)cc1.OO.[CH3-].[O]=[Re](=[O])=[O]. The number of hydrogen-bond acceptors (Lipinski definition) is 19. The topological polar surface area (TPSA) is 354 Å². The predicted octanol–water partition coefficient (Wildman–Crippen LogP) is 9.89. The number of tetrazole rings is 2. The van der Waals surface area contributed by atoms with E-state index in [4.69, 9.17) is 49.1 Å². The van der Waals surface area contributed by atoms with Crippen molar-refractivity contribution >= 4 is 58.6 Å². The molecular weight excluding hydrogens is 1350 g/mol. The quantitative estimate of drug-likeness (QED) is 0.0172. The number of benzene rings is 6. The standard InChI is InChI=1S/C29H24ClN7O4.C29H24ClN7O3.CH3.H2O2.3O.Re/c1-41-29(39)32-23-11-7-20(8-12-23)28(38)33-25(15-19-5-3-2-4-6-19)27-13-9-21(17-37(27)40)24-16-22(30)10-14-26(24)36-18-31-34-35-36;1-40-29(39)33-23-11-7-20(8-12-23)28(38)34-26(15-19-5-3-2-4-6-19)25-13-9-21(17-31-25)24-16-22(30)10-14-27(24)37-18-32-35-36-37;;1-2;;;;/h2-14,16-18,25H,15H2,1H3,(H,32,39)(H,33,38);2-14,16-18,26H,15H2,1H3,(H,33,39)(H,34,38);1H3;1-2H;;;;/q;;-1;;;;;/t25-;26-;;;;;;/m00....../s1. The molecule has 2 atom stereocenters. The Morgan fingerprint density at radius 1 is 0.591 bits per heavy atom. The van der Waals surface area contributed by atoms with Crippen LogP contribution in [0.4, 0.5) is 21.0 Å². The summed E-state index contributed by atoms with van der Waals surface area (Å²) in [6.07, 6.45) is 5.86. The molecule has 0 spiro atoms. The number of anilines is 2. The molecule has 0 aliphatic rings. The first-order valence-corrected chi connectivity index (χ1v) is 29.5. The summed E-state index contributed by atoms with van der Waals surface area (Å²) in [6.45, 7) is 0. The molecule has 10 rings (SSSR count). The van der Waals surface area contributed by atoms with Gasteiger partial charge in [-0.2, -0.15) is 14.1 Å². The van der Waals surface area contributed by atoms with E-state index in [1.165, 1.54) is 37.8 Å². The summed E-state index contributed by atoms with van der Waals surface area (Å²) in [5.41, 5.74) is 9.09. The van der Waals surface area contributed by atoms with Crippen molar-refractivity contribution in [3.8, 4) is 33.6 Å². The maximum atomic E-state index is 13.5. The normalized spacial score (nSPS) is 10.9. The Kier molecular flexibility index (Phi) is 25.3. The summed E-state index contributed by atoms with van der Waals surface area (Å²) in [5, 5.41) is 60.5. The van der Waals surface area contributed by atoms with E-state index in [1.807, 2.05) is 84.9 Å². The van der Waals surface area contributed by atoms with E-state index in [0.717, 1.165) is 32.7 Å². The molecular formula is C59H53Cl2N14O12Re-. The van der Waals surface area contributed by atoms with Crippen LogP contribution in [0.1, 0.15) is 55.3 Å².